The molecule has 0 aliphatic heterocycles. The van der Waals surface area contributed by atoms with Crippen LogP contribution in [0.5, 0.6) is 0 Å². The second kappa shape index (κ2) is 8.25. The number of carbonyl (C=O) groups is 1. The van der Waals surface area contributed by atoms with E-state index in [1.165, 1.54) is 11.3 Å². The molecule has 3 aromatic rings. The van der Waals surface area contributed by atoms with Crippen molar-refractivity contribution in [1.29, 1.82) is 0 Å². The Bertz CT molecular complexity index is 851. The van der Waals surface area contributed by atoms with Crippen LogP contribution in [0.4, 0.5) is 0 Å². The fourth-order valence-electron chi connectivity index (χ4n) is 2.43. The molecule has 0 spiro atoms. The van der Waals surface area contributed by atoms with Gasteiger partial charge >= 0.3 is 0 Å². The summed E-state index contributed by atoms with van der Waals surface area (Å²) in [5.41, 5.74) is 8.63. The van der Waals surface area contributed by atoms with E-state index in [0.717, 1.165) is 16.1 Å². The Kier molecular flexibility index (Phi) is 5.81. The SMILES string of the molecule is NC(Cc1ccccc1)c1nc(C(=O)NCc2ccccc2Cl)cs1. The van der Waals surface area contributed by atoms with E-state index in [-0.39, 0.29) is 11.9 Å². The summed E-state index contributed by atoms with van der Waals surface area (Å²) in [6.45, 7) is 0.363. The van der Waals surface area contributed by atoms with Crippen molar-refractivity contribution < 1.29 is 4.79 Å². The Hall–Kier alpha value is -2.21. The number of amides is 1. The Balaban J connectivity index is 1.60. The Morgan fingerprint density at radius 2 is 1.88 bits per heavy atom. The number of carbonyl (C=O) groups excluding carboxylic acids is 1. The molecule has 0 aliphatic carbocycles. The van der Waals surface area contributed by atoms with Crippen LogP contribution in [-0.4, -0.2) is 10.9 Å². The molecule has 3 N–H and O–H groups in total. The van der Waals surface area contributed by atoms with Gasteiger partial charge in [0.2, 0.25) is 0 Å². The Morgan fingerprint density at radius 3 is 2.64 bits per heavy atom. The van der Waals surface area contributed by atoms with Crippen molar-refractivity contribution in [1.82, 2.24) is 10.3 Å². The smallest absolute Gasteiger partial charge is 0.271 e. The summed E-state index contributed by atoms with van der Waals surface area (Å²) < 4.78 is 0. The fourth-order valence-corrected chi connectivity index (χ4v) is 3.43. The Morgan fingerprint density at radius 1 is 1.16 bits per heavy atom. The molecule has 3 rings (SSSR count). The first-order chi connectivity index (χ1) is 12.1. The molecule has 0 saturated heterocycles. The molecule has 0 fully saturated rings. The number of aromatic nitrogens is 1. The molecule has 1 unspecified atom stereocenters. The first-order valence-corrected chi connectivity index (χ1v) is 9.16. The fraction of sp³-hybridized carbons (Fsp3) is 0.158. The van der Waals surface area contributed by atoms with Crippen molar-refractivity contribution >= 4 is 28.8 Å². The van der Waals surface area contributed by atoms with Gasteiger partial charge < -0.3 is 11.1 Å². The van der Waals surface area contributed by atoms with Gasteiger partial charge in [-0.05, 0) is 23.6 Å². The average Bonchev–Trinajstić information content (AvgIpc) is 3.12. The van der Waals surface area contributed by atoms with Crippen molar-refractivity contribution in [3.63, 3.8) is 0 Å². The summed E-state index contributed by atoms with van der Waals surface area (Å²) >= 11 is 7.50. The van der Waals surface area contributed by atoms with Crippen molar-refractivity contribution in [2.24, 2.45) is 5.73 Å². The minimum Gasteiger partial charge on any atom is -0.347 e. The highest BCUT2D eigenvalue weighted by atomic mass is 35.5. The van der Waals surface area contributed by atoms with E-state index in [0.29, 0.717) is 23.7 Å². The lowest BCUT2D eigenvalue weighted by Crippen LogP contribution is -2.23. The summed E-state index contributed by atoms with van der Waals surface area (Å²) in [7, 11) is 0. The number of halogens is 1. The first-order valence-electron chi connectivity index (χ1n) is 7.90. The highest BCUT2D eigenvalue weighted by molar-refractivity contribution is 7.09. The third-order valence-corrected chi connectivity index (χ3v) is 5.11. The molecule has 0 bridgehead atoms. The number of benzene rings is 2. The maximum absolute atomic E-state index is 12.3. The molecule has 1 amide bonds. The lowest BCUT2D eigenvalue weighted by molar-refractivity contribution is 0.0946. The number of thiazole rings is 1. The Labute approximate surface area is 155 Å². The lowest BCUT2D eigenvalue weighted by atomic mass is 10.1. The van der Waals surface area contributed by atoms with Crippen LogP contribution in [0, 0.1) is 0 Å². The maximum Gasteiger partial charge on any atom is 0.271 e. The second-order valence-corrected chi connectivity index (χ2v) is 6.94. The summed E-state index contributed by atoms with van der Waals surface area (Å²) in [4.78, 5) is 16.7. The van der Waals surface area contributed by atoms with E-state index in [1.54, 1.807) is 11.4 Å². The van der Waals surface area contributed by atoms with E-state index in [9.17, 15) is 4.79 Å². The average molecular weight is 372 g/mol. The number of hydrogen-bond donors (Lipinski definition) is 2. The number of nitrogens with one attached hydrogen (secondary N) is 1. The molecule has 0 radical (unpaired) electrons. The topological polar surface area (TPSA) is 68.0 Å². The van der Waals surface area contributed by atoms with Crippen LogP contribution in [0.25, 0.3) is 0 Å². The number of rotatable bonds is 6. The highest BCUT2D eigenvalue weighted by Crippen LogP contribution is 2.20. The zero-order valence-corrected chi connectivity index (χ0v) is 15.1. The molecule has 1 heterocycles. The molecule has 4 nitrogen and oxygen atoms in total. The lowest BCUT2D eigenvalue weighted by Gasteiger charge is -2.08. The first kappa shape index (κ1) is 17.6. The molecule has 2 aromatic carbocycles. The van der Waals surface area contributed by atoms with Gasteiger partial charge in [0.05, 0.1) is 6.04 Å². The van der Waals surface area contributed by atoms with Crippen LogP contribution in [-0.2, 0) is 13.0 Å². The number of hydrogen-bond acceptors (Lipinski definition) is 4. The van der Waals surface area contributed by atoms with Gasteiger partial charge in [0, 0.05) is 16.9 Å². The van der Waals surface area contributed by atoms with Crippen LogP contribution in [0.3, 0.4) is 0 Å². The van der Waals surface area contributed by atoms with E-state index < -0.39 is 0 Å². The largest absolute Gasteiger partial charge is 0.347 e. The molecule has 1 aromatic heterocycles. The standard InChI is InChI=1S/C19H18ClN3OS/c20-15-9-5-4-8-14(15)11-22-18(24)17-12-25-19(23-17)16(21)10-13-6-2-1-3-7-13/h1-9,12,16H,10-11,21H2,(H,22,24). The summed E-state index contributed by atoms with van der Waals surface area (Å²) in [6.07, 6.45) is 0.690. The summed E-state index contributed by atoms with van der Waals surface area (Å²) in [6, 6.07) is 17.2. The highest BCUT2D eigenvalue weighted by Gasteiger charge is 2.15. The third kappa shape index (κ3) is 4.66. The molecule has 25 heavy (non-hydrogen) atoms. The quantitative estimate of drug-likeness (QED) is 0.688. The van der Waals surface area contributed by atoms with Crippen LogP contribution in [0.1, 0.15) is 32.7 Å². The van der Waals surface area contributed by atoms with Gasteiger partial charge in [-0.3, -0.25) is 4.79 Å². The van der Waals surface area contributed by atoms with Gasteiger partial charge in [0.1, 0.15) is 10.7 Å². The molecule has 6 heteroatoms. The van der Waals surface area contributed by atoms with Crippen molar-refractivity contribution in [3.8, 4) is 0 Å². The summed E-state index contributed by atoms with van der Waals surface area (Å²) in [5.74, 6) is -0.227. The van der Waals surface area contributed by atoms with Crippen molar-refractivity contribution in [2.75, 3.05) is 0 Å². The minimum absolute atomic E-state index is 0.225. The van der Waals surface area contributed by atoms with Gasteiger partial charge in [-0.1, -0.05) is 60.1 Å². The summed E-state index contributed by atoms with van der Waals surface area (Å²) in [5, 5.41) is 5.96. The van der Waals surface area contributed by atoms with E-state index >= 15 is 0 Å². The predicted molar refractivity (Wildman–Crippen MR) is 102 cm³/mol. The number of nitrogens with two attached hydrogens (primary N) is 1. The van der Waals surface area contributed by atoms with Gasteiger partial charge in [-0.2, -0.15) is 0 Å². The molecular formula is C19H18ClN3OS. The number of nitrogens with zero attached hydrogens (tertiary/aromatic N) is 1. The van der Waals surface area contributed by atoms with E-state index in [1.807, 2.05) is 48.5 Å². The van der Waals surface area contributed by atoms with Gasteiger partial charge in [-0.15, -0.1) is 11.3 Å². The van der Waals surface area contributed by atoms with Crippen LogP contribution in [0.2, 0.25) is 5.02 Å². The minimum atomic E-state index is -0.227. The van der Waals surface area contributed by atoms with Crippen LogP contribution < -0.4 is 11.1 Å². The van der Waals surface area contributed by atoms with E-state index in [2.05, 4.69) is 10.3 Å². The molecule has 128 valence electrons. The van der Waals surface area contributed by atoms with Gasteiger partial charge in [0.25, 0.3) is 5.91 Å². The van der Waals surface area contributed by atoms with Crippen LogP contribution in [0.15, 0.2) is 60.0 Å². The molecule has 0 aliphatic rings. The maximum atomic E-state index is 12.3. The van der Waals surface area contributed by atoms with E-state index in [4.69, 9.17) is 17.3 Å². The third-order valence-electron chi connectivity index (χ3n) is 3.77. The van der Waals surface area contributed by atoms with Gasteiger partial charge in [-0.25, -0.2) is 4.98 Å². The molecule has 1 atom stereocenters. The van der Waals surface area contributed by atoms with Gasteiger partial charge in [0.15, 0.2) is 0 Å². The monoisotopic (exact) mass is 371 g/mol. The van der Waals surface area contributed by atoms with Crippen molar-refractivity contribution in [2.45, 2.75) is 19.0 Å². The molecule has 0 saturated carbocycles. The zero-order valence-electron chi connectivity index (χ0n) is 13.5. The molecular weight excluding hydrogens is 354 g/mol. The predicted octanol–water partition coefficient (Wildman–Crippen LogP) is 3.97. The van der Waals surface area contributed by atoms with Crippen LogP contribution >= 0.6 is 22.9 Å². The normalized spacial score (nSPS) is 11.9. The second-order valence-electron chi connectivity index (χ2n) is 5.64. The zero-order chi connectivity index (χ0) is 17.6. The van der Waals surface area contributed by atoms with Crippen molar-refractivity contribution in [3.05, 3.63) is 86.8 Å².